The first-order valence-electron chi connectivity index (χ1n) is 7.14. The molecule has 2 heterocycles. The van der Waals surface area contributed by atoms with Crippen LogP contribution in [0.4, 0.5) is 0 Å². The summed E-state index contributed by atoms with van der Waals surface area (Å²) in [5, 5.41) is 3.50. The van der Waals surface area contributed by atoms with Crippen LogP contribution >= 0.6 is 0 Å². The summed E-state index contributed by atoms with van der Waals surface area (Å²) >= 11 is 0. The van der Waals surface area contributed by atoms with Crippen molar-refractivity contribution in [2.24, 2.45) is 0 Å². The molecule has 0 saturated heterocycles. The Morgan fingerprint density at radius 2 is 1.60 bits per heavy atom. The summed E-state index contributed by atoms with van der Waals surface area (Å²) in [7, 11) is 0. The van der Waals surface area contributed by atoms with Crippen LogP contribution in [0.25, 0.3) is 11.4 Å². The largest absolute Gasteiger partial charge is 0.308 e. The van der Waals surface area contributed by atoms with E-state index in [1.807, 2.05) is 32.9 Å². The second-order valence-corrected chi connectivity index (χ2v) is 5.62. The Morgan fingerprint density at radius 3 is 2.25 bits per heavy atom. The molecule has 1 aliphatic rings. The van der Waals surface area contributed by atoms with Gasteiger partial charge in [-0.15, -0.1) is 0 Å². The second-order valence-electron chi connectivity index (χ2n) is 5.62. The van der Waals surface area contributed by atoms with E-state index in [4.69, 9.17) is 0 Å². The molecule has 4 heteroatoms. The number of hydrogen-bond acceptors (Lipinski definition) is 4. The molecule has 1 saturated carbocycles. The van der Waals surface area contributed by atoms with Gasteiger partial charge in [-0.1, -0.05) is 0 Å². The Kier molecular flexibility index (Phi) is 3.49. The lowest BCUT2D eigenvalue weighted by Crippen LogP contribution is -2.16. The van der Waals surface area contributed by atoms with Crippen LogP contribution in [-0.4, -0.2) is 21.0 Å². The average molecular weight is 268 g/mol. The highest BCUT2D eigenvalue weighted by Gasteiger charge is 2.20. The van der Waals surface area contributed by atoms with Gasteiger partial charge in [-0.25, -0.2) is 9.97 Å². The third-order valence-corrected chi connectivity index (χ3v) is 3.40. The summed E-state index contributed by atoms with van der Waals surface area (Å²) in [6.07, 6.45) is 2.58. The highest BCUT2D eigenvalue weighted by atomic mass is 15.0. The van der Waals surface area contributed by atoms with Crippen LogP contribution in [0.3, 0.4) is 0 Å². The van der Waals surface area contributed by atoms with Crippen LogP contribution in [0, 0.1) is 20.8 Å². The Labute approximate surface area is 119 Å². The molecule has 0 atom stereocenters. The predicted molar refractivity (Wildman–Crippen MR) is 79.3 cm³/mol. The molecule has 4 nitrogen and oxygen atoms in total. The van der Waals surface area contributed by atoms with E-state index in [-0.39, 0.29) is 0 Å². The Balaban J connectivity index is 1.90. The first-order chi connectivity index (χ1) is 9.60. The quantitative estimate of drug-likeness (QED) is 0.926. The van der Waals surface area contributed by atoms with E-state index >= 15 is 0 Å². The zero-order valence-electron chi connectivity index (χ0n) is 12.3. The Bertz CT molecular complexity index is 612. The number of rotatable bonds is 4. The molecule has 0 aliphatic heterocycles. The standard InChI is InChI=1S/C16H20N4/c1-10-6-13(7-11(2)18-10)16-19-12(3)8-15(20-16)9-17-14-4-5-14/h6-8,14,17H,4-5,9H2,1-3H3. The maximum absolute atomic E-state index is 4.68. The normalized spacial score (nSPS) is 14.6. The molecule has 0 radical (unpaired) electrons. The summed E-state index contributed by atoms with van der Waals surface area (Å²) in [5.74, 6) is 0.797. The van der Waals surface area contributed by atoms with Gasteiger partial charge in [-0.05, 0) is 51.8 Å². The van der Waals surface area contributed by atoms with E-state index in [0.29, 0.717) is 6.04 Å². The van der Waals surface area contributed by atoms with Crippen LogP contribution in [0.1, 0.15) is 35.6 Å². The topological polar surface area (TPSA) is 50.7 Å². The van der Waals surface area contributed by atoms with Crippen molar-refractivity contribution in [2.75, 3.05) is 0 Å². The van der Waals surface area contributed by atoms with Crippen molar-refractivity contribution < 1.29 is 0 Å². The van der Waals surface area contributed by atoms with Crippen molar-refractivity contribution in [3.05, 3.63) is 41.0 Å². The van der Waals surface area contributed by atoms with Gasteiger partial charge in [0.1, 0.15) is 0 Å². The molecule has 1 N–H and O–H groups in total. The average Bonchev–Trinajstić information content (AvgIpc) is 3.18. The number of pyridine rings is 1. The van der Waals surface area contributed by atoms with Gasteiger partial charge in [0.25, 0.3) is 0 Å². The highest BCUT2D eigenvalue weighted by molar-refractivity contribution is 5.56. The lowest BCUT2D eigenvalue weighted by Gasteiger charge is -2.08. The number of aryl methyl sites for hydroxylation is 3. The van der Waals surface area contributed by atoms with Crippen molar-refractivity contribution in [1.29, 1.82) is 0 Å². The summed E-state index contributed by atoms with van der Waals surface area (Å²) in [5.41, 5.74) is 5.12. The molecule has 0 amide bonds. The third kappa shape index (κ3) is 3.20. The van der Waals surface area contributed by atoms with Gasteiger partial charge in [0, 0.05) is 35.2 Å². The summed E-state index contributed by atoms with van der Waals surface area (Å²) in [4.78, 5) is 13.7. The minimum absolute atomic E-state index is 0.694. The third-order valence-electron chi connectivity index (χ3n) is 3.40. The fraction of sp³-hybridized carbons (Fsp3) is 0.438. The van der Waals surface area contributed by atoms with E-state index in [1.54, 1.807) is 0 Å². The molecular formula is C16H20N4. The maximum atomic E-state index is 4.68. The van der Waals surface area contributed by atoms with Crippen LogP contribution in [0.5, 0.6) is 0 Å². The van der Waals surface area contributed by atoms with Crippen molar-refractivity contribution in [3.8, 4) is 11.4 Å². The zero-order valence-corrected chi connectivity index (χ0v) is 12.3. The first-order valence-corrected chi connectivity index (χ1v) is 7.14. The SMILES string of the molecule is Cc1cc(-c2nc(C)cc(CNC3CC3)n2)cc(C)n1. The molecule has 1 fully saturated rings. The molecule has 1 aliphatic carbocycles. The van der Waals surface area contributed by atoms with Gasteiger partial charge < -0.3 is 5.32 Å². The van der Waals surface area contributed by atoms with E-state index in [9.17, 15) is 0 Å². The molecule has 20 heavy (non-hydrogen) atoms. The summed E-state index contributed by atoms with van der Waals surface area (Å²) < 4.78 is 0. The molecule has 0 unspecified atom stereocenters. The molecule has 0 bridgehead atoms. The van der Waals surface area contributed by atoms with Crippen LogP contribution in [0.15, 0.2) is 18.2 Å². The highest BCUT2D eigenvalue weighted by Crippen LogP contribution is 2.20. The molecule has 2 aromatic rings. The van der Waals surface area contributed by atoms with Gasteiger partial charge in [-0.3, -0.25) is 4.98 Å². The van der Waals surface area contributed by atoms with Gasteiger partial charge in [-0.2, -0.15) is 0 Å². The fourth-order valence-corrected chi connectivity index (χ4v) is 2.35. The minimum atomic E-state index is 0.694. The van der Waals surface area contributed by atoms with Crippen molar-refractivity contribution in [2.45, 2.75) is 46.2 Å². The summed E-state index contributed by atoms with van der Waals surface area (Å²) in [6.45, 7) is 6.85. The Hall–Kier alpha value is -1.81. The Morgan fingerprint density at radius 1 is 0.950 bits per heavy atom. The van der Waals surface area contributed by atoms with Crippen molar-refractivity contribution in [3.63, 3.8) is 0 Å². The number of hydrogen-bond donors (Lipinski definition) is 1. The summed E-state index contributed by atoms with van der Waals surface area (Å²) in [6, 6.07) is 6.83. The maximum Gasteiger partial charge on any atom is 0.159 e. The van der Waals surface area contributed by atoms with Crippen LogP contribution in [-0.2, 0) is 6.54 Å². The molecule has 2 aromatic heterocycles. The van der Waals surface area contributed by atoms with Crippen LogP contribution < -0.4 is 5.32 Å². The van der Waals surface area contributed by atoms with Gasteiger partial charge in [0.05, 0.1) is 5.69 Å². The number of aromatic nitrogens is 3. The van der Waals surface area contributed by atoms with E-state index in [0.717, 1.165) is 40.7 Å². The molecule has 3 rings (SSSR count). The number of nitrogens with one attached hydrogen (secondary N) is 1. The van der Waals surface area contributed by atoms with E-state index in [2.05, 4.69) is 26.3 Å². The molecular weight excluding hydrogens is 248 g/mol. The minimum Gasteiger partial charge on any atom is -0.308 e. The molecule has 104 valence electrons. The predicted octanol–water partition coefficient (Wildman–Crippen LogP) is 2.72. The lowest BCUT2D eigenvalue weighted by atomic mass is 10.1. The molecule has 0 spiro atoms. The smallest absolute Gasteiger partial charge is 0.159 e. The number of nitrogens with zero attached hydrogens (tertiary/aromatic N) is 3. The van der Waals surface area contributed by atoms with Gasteiger partial charge in [0.15, 0.2) is 5.82 Å². The van der Waals surface area contributed by atoms with Crippen LogP contribution in [0.2, 0.25) is 0 Å². The van der Waals surface area contributed by atoms with E-state index < -0.39 is 0 Å². The fourth-order valence-electron chi connectivity index (χ4n) is 2.35. The lowest BCUT2D eigenvalue weighted by molar-refractivity contribution is 0.672. The second kappa shape index (κ2) is 5.29. The van der Waals surface area contributed by atoms with Gasteiger partial charge >= 0.3 is 0 Å². The van der Waals surface area contributed by atoms with Gasteiger partial charge in [0.2, 0.25) is 0 Å². The zero-order chi connectivity index (χ0) is 14.1. The first kappa shape index (κ1) is 13.2. The van der Waals surface area contributed by atoms with Crippen molar-refractivity contribution in [1.82, 2.24) is 20.3 Å². The molecule has 0 aromatic carbocycles. The monoisotopic (exact) mass is 268 g/mol. The van der Waals surface area contributed by atoms with E-state index in [1.165, 1.54) is 12.8 Å². The van der Waals surface area contributed by atoms with Crippen molar-refractivity contribution >= 4 is 0 Å².